The van der Waals surface area contributed by atoms with Crippen molar-refractivity contribution in [1.82, 2.24) is 10.9 Å². The van der Waals surface area contributed by atoms with E-state index in [0.717, 1.165) is 5.56 Å². The Kier molecular flexibility index (Phi) is 5.23. The maximum Gasteiger partial charge on any atom is 0.587 e. The van der Waals surface area contributed by atoms with E-state index in [9.17, 15) is 9.18 Å². The number of nitrogens with one attached hydrogen (secondary N) is 2. The van der Waals surface area contributed by atoms with E-state index in [1.807, 2.05) is 12.9 Å². The highest BCUT2D eigenvalue weighted by Crippen LogP contribution is 2.12. The molecule has 0 saturated heterocycles. The first-order chi connectivity index (χ1) is 10.6. The number of pyridine rings is 1. The molecule has 1 aromatic carbocycles. The van der Waals surface area contributed by atoms with Gasteiger partial charge in [-0.25, -0.2) is 15.1 Å². The molecule has 0 radical (unpaired) electrons. The van der Waals surface area contributed by atoms with Gasteiger partial charge in [-0.2, -0.15) is 0 Å². The minimum Gasteiger partial charge on any atom is -0.287 e. The summed E-state index contributed by atoms with van der Waals surface area (Å²) in [5.41, 5.74) is 6.62. The van der Waals surface area contributed by atoms with Gasteiger partial charge in [0.05, 0.1) is 11.5 Å². The molecule has 110 valence electrons. The summed E-state index contributed by atoms with van der Waals surface area (Å²) in [5, 5.41) is 8.58. The SMILES string of the molecule is CC(NNC(=O)c1cc[n+](BC#N)cc1)c1cccc(F)c1. The van der Waals surface area contributed by atoms with Gasteiger partial charge in [0.15, 0.2) is 0 Å². The molecule has 2 aromatic rings. The van der Waals surface area contributed by atoms with Crippen LogP contribution >= 0.6 is 0 Å². The zero-order valence-electron chi connectivity index (χ0n) is 12.1. The second-order valence-corrected chi connectivity index (χ2v) is 4.79. The maximum absolute atomic E-state index is 13.2. The summed E-state index contributed by atoms with van der Waals surface area (Å²) in [6, 6.07) is 9.21. The molecule has 0 aliphatic carbocycles. The Morgan fingerprint density at radius 2 is 2.09 bits per heavy atom. The number of nitrogens with zero attached hydrogens (tertiary/aromatic N) is 2. The molecule has 1 amide bonds. The van der Waals surface area contributed by atoms with Crippen LogP contribution in [0.3, 0.4) is 0 Å². The third-order valence-electron chi connectivity index (χ3n) is 3.16. The molecule has 1 heterocycles. The number of benzene rings is 1. The zero-order valence-corrected chi connectivity index (χ0v) is 12.1. The fourth-order valence-corrected chi connectivity index (χ4v) is 1.90. The Morgan fingerprint density at radius 3 is 2.73 bits per heavy atom. The number of amides is 1. The van der Waals surface area contributed by atoms with Crippen molar-refractivity contribution >= 4 is 13.3 Å². The van der Waals surface area contributed by atoms with Crippen LogP contribution in [0.15, 0.2) is 48.8 Å². The molecular formula is C15H15BFN4O+. The highest BCUT2D eigenvalue weighted by Gasteiger charge is 2.11. The molecule has 1 atom stereocenters. The van der Waals surface area contributed by atoms with Gasteiger partial charge in [-0.05, 0) is 24.6 Å². The van der Waals surface area contributed by atoms with Gasteiger partial charge in [-0.3, -0.25) is 14.7 Å². The molecule has 7 heteroatoms. The van der Waals surface area contributed by atoms with Crippen LogP contribution in [0.25, 0.3) is 0 Å². The second-order valence-electron chi connectivity index (χ2n) is 4.79. The average Bonchev–Trinajstić information content (AvgIpc) is 2.53. The van der Waals surface area contributed by atoms with Crippen LogP contribution in [-0.4, -0.2) is 13.3 Å². The van der Waals surface area contributed by atoms with Crippen LogP contribution in [0.2, 0.25) is 0 Å². The lowest BCUT2D eigenvalue weighted by molar-refractivity contribution is -0.527. The summed E-state index contributed by atoms with van der Waals surface area (Å²) in [5.74, 6) is 1.40. The summed E-state index contributed by atoms with van der Waals surface area (Å²) < 4.78 is 14.8. The van der Waals surface area contributed by atoms with Crippen molar-refractivity contribution in [3.63, 3.8) is 0 Å². The Labute approximate surface area is 128 Å². The molecule has 22 heavy (non-hydrogen) atoms. The number of hydrogen-bond donors (Lipinski definition) is 2. The number of carbonyl (C=O) groups is 1. The van der Waals surface area contributed by atoms with E-state index >= 15 is 0 Å². The molecule has 2 N–H and O–H groups in total. The van der Waals surface area contributed by atoms with Gasteiger partial charge < -0.3 is 0 Å². The van der Waals surface area contributed by atoms with E-state index in [1.165, 1.54) is 12.1 Å². The predicted molar refractivity (Wildman–Crippen MR) is 80.2 cm³/mol. The summed E-state index contributed by atoms with van der Waals surface area (Å²) in [6.07, 6.45) is 3.32. The van der Waals surface area contributed by atoms with Crippen molar-refractivity contribution in [2.45, 2.75) is 13.0 Å². The van der Waals surface area contributed by atoms with Crippen molar-refractivity contribution in [1.29, 1.82) is 5.26 Å². The van der Waals surface area contributed by atoms with Crippen molar-refractivity contribution in [2.24, 2.45) is 0 Å². The third kappa shape index (κ3) is 4.14. The lowest BCUT2D eigenvalue weighted by Crippen LogP contribution is -2.41. The van der Waals surface area contributed by atoms with Crippen molar-refractivity contribution in [2.75, 3.05) is 0 Å². The van der Waals surface area contributed by atoms with E-state index in [4.69, 9.17) is 5.26 Å². The number of hydrogen-bond acceptors (Lipinski definition) is 3. The number of aromatic nitrogens is 1. The molecule has 0 aliphatic rings. The Hall–Kier alpha value is -2.72. The number of halogens is 1. The van der Waals surface area contributed by atoms with Crippen molar-refractivity contribution < 1.29 is 13.7 Å². The fourth-order valence-electron chi connectivity index (χ4n) is 1.90. The van der Waals surface area contributed by atoms with Gasteiger partial charge in [0.2, 0.25) is 0 Å². The van der Waals surface area contributed by atoms with E-state index in [1.54, 1.807) is 41.1 Å². The first-order valence-electron chi connectivity index (χ1n) is 6.77. The lowest BCUT2D eigenvalue weighted by Gasteiger charge is -2.15. The summed E-state index contributed by atoms with van der Waals surface area (Å²) in [4.78, 5) is 12.0. The first-order valence-corrected chi connectivity index (χ1v) is 6.77. The molecule has 0 fully saturated rings. The topological polar surface area (TPSA) is 68.8 Å². The van der Waals surface area contributed by atoms with Gasteiger partial charge in [-0.15, -0.1) is 0 Å². The highest BCUT2D eigenvalue weighted by atomic mass is 19.1. The minimum atomic E-state index is -0.317. The molecule has 1 aromatic heterocycles. The smallest absolute Gasteiger partial charge is 0.287 e. The van der Waals surface area contributed by atoms with Gasteiger partial charge >= 0.3 is 7.41 Å². The molecule has 0 spiro atoms. The van der Waals surface area contributed by atoms with E-state index < -0.39 is 0 Å². The largest absolute Gasteiger partial charge is 0.587 e. The highest BCUT2D eigenvalue weighted by molar-refractivity contribution is 6.35. The monoisotopic (exact) mass is 297 g/mol. The Bertz CT molecular complexity index is 699. The summed E-state index contributed by atoms with van der Waals surface area (Å²) in [7, 11) is 0.233. The first kappa shape index (κ1) is 15.7. The standard InChI is InChI=1S/C15H14BFN4O/c1-11(13-3-2-4-14(17)9-13)19-20-15(22)12-5-7-21(8-6-12)16-10-18/h2-9,11,16,22H,1H3/p+1. The molecule has 0 aliphatic heterocycles. The molecule has 5 nitrogen and oxygen atoms in total. The van der Waals surface area contributed by atoms with Gasteiger partial charge in [0, 0.05) is 18.2 Å². The van der Waals surface area contributed by atoms with E-state index in [-0.39, 0.29) is 25.2 Å². The number of nitriles is 1. The summed E-state index contributed by atoms with van der Waals surface area (Å²) in [6.45, 7) is 1.82. The van der Waals surface area contributed by atoms with Crippen LogP contribution in [0.1, 0.15) is 28.9 Å². The lowest BCUT2D eigenvalue weighted by atomic mass is 9.98. The second kappa shape index (κ2) is 7.34. The van der Waals surface area contributed by atoms with Crippen molar-refractivity contribution in [3.8, 4) is 5.97 Å². The molecule has 0 saturated carbocycles. The number of carbonyl (C=O) groups excluding carboxylic acids is 1. The molecule has 0 bridgehead atoms. The molecular weight excluding hydrogens is 282 g/mol. The van der Waals surface area contributed by atoms with Gasteiger partial charge in [0.25, 0.3) is 5.91 Å². The van der Waals surface area contributed by atoms with E-state index in [2.05, 4.69) is 10.9 Å². The van der Waals surface area contributed by atoms with Crippen LogP contribution < -0.4 is 15.3 Å². The van der Waals surface area contributed by atoms with Gasteiger partial charge in [0.1, 0.15) is 18.2 Å². The number of rotatable bonds is 5. The minimum absolute atomic E-state index is 0.230. The maximum atomic E-state index is 13.2. The fraction of sp³-hybridized carbons (Fsp3) is 0.133. The average molecular weight is 297 g/mol. The normalized spacial score (nSPS) is 11.3. The molecule has 2 rings (SSSR count). The predicted octanol–water partition coefficient (Wildman–Crippen LogP) is 0.789. The van der Waals surface area contributed by atoms with Crippen molar-refractivity contribution in [3.05, 3.63) is 65.7 Å². The van der Waals surface area contributed by atoms with Crippen LogP contribution in [0, 0.1) is 17.0 Å². The van der Waals surface area contributed by atoms with Gasteiger partial charge in [-0.1, -0.05) is 12.1 Å². The Balaban J connectivity index is 1.93. The quantitative estimate of drug-likeness (QED) is 0.633. The number of hydrazine groups is 1. The van der Waals surface area contributed by atoms with E-state index in [0.29, 0.717) is 5.56 Å². The zero-order chi connectivity index (χ0) is 15.9. The summed E-state index contributed by atoms with van der Waals surface area (Å²) >= 11 is 0. The van der Waals surface area contributed by atoms with Crippen LogP contribution in [-0.2, 0) is 0 Å². The molecule has 1 unspecified atom stereocenters. The van der Waals surface area contributed by atoms with Crippen LogP contribution in [0.4, 0.5) is 4.39 Å². The Morgan fingerprint density at radius 1 is 1.36 bits per heavy atom. The van der Waals surface area contributed by atoms with Crippen LogP contribution in [0.5, 0.6) is 0 Å². The third-order valence-corrected chi connectivity index (χ3v) is 3.16.